The molecule has 3 heteroatoms. The Labute approximate surface area is 130 Å². The zero-order valence-corrected chi connectivity index (χ0v) is 13.8. The van der Waals surface area contributed by atoms with Crippen LogP contribution in [0.2, 0.25) is 0 Å². The molecule has 0 N–H and O–H groups in total. The maximum Gasteiger partial charge on any atom is 0.223 e. The van der Waals surface area contributed by atoms with Crippen molar-refractivity contribution in [3.8, 4) is 0 Å². The monoisotopic (exact) mass is 337 g/mol. The minimum Gasteiger partial charge on any atom is -0.335 e. The maximum atomic E-state index is 12.5. The van der Waals surface area contributed by atoms with Crippen LogP contribution < -0.4 is 0 Å². The summed E-state index contributed by atoms with van der Waals surface area (Å²) in [6.45, 7) is 2.97. The van der Waals surface area contributed by atoms with Crippen LogP contribution in [-0.4, -0.2) is 22.2 Å². The molecular formula is C17H24BrNO. The van der Waals surface area contributed by atoms with Crippen molar-refractivity contribution in [2.45, 2.75) is 51.6 Å². The molecule has 0 aliphatic heterocycles. The number of amides is 1. The summed E-state index contributed by atoms with van der Waals surface area (Å²) in [7, 11) is 0. The van der Waals surface area contributed by atoms with Gasteiger partial charge in [0.05, 0.1) is 0 Å². The van der Waals surface area contributed by atoms with Gasteiger partial charge in [0, 0.05) is 24.3 Å². The summed E-state index contributed by atoms with van der Waals surface area (Å²) in [4.78, 5) is 14.6. The van der Waals surface area contributed by atoms with E-state index >= 15 is 0 Å². The summed E-state index contributed by atoms with van der Waals surface area (Å²) in [6, 6.07) is 10.7. The average molecular weight is 338 g/mol. The molecule has 110 valence electrons. The Morgan fingerprint density at radius 3 is 2.60 bits per heavy atom. The van der Waals surface area contributed by atoms with Gasteiger partial charge in [-0.2, -0.15) is 0 Å². The lowest BCUT2D eigenvalue weighted by molar-refractivity contribution is -0.134. The van der Waals surface area contributed by atoms with Crippen molar-refractivity contribution in [2.75, 3.05) is 5.33 Å². The highest BCUT2D eigenvalue weighted by Crippen LogP contribution is 2.36. The van der Waals surface area contributed by atoms with E-state index < -0.39 is 0 Å². The van der Waals surface area contributed by atoms with Crippen molar-refractivity contribution < 1.29 is 4.79 Å². The third-order valence-corrected chi connectivity index (χ3v) is 4.65. The van der Waals surface area contributed by atoms with Crippen LogP contribution in [0.25, 0.3) is 0 Å². The summed E-state index contributed by atoms with van der Waals surface area (Å²) in [6.07, 6.45) is 5.28. The Bertz CT molecular complexity index is 416. The quantitative estimate of drug-likeness (QED) is 0.509. The number of alkyl halides is 1. The molecule has 1 saturated carbocycles. The van der Waals surface area contributed by atoms with Crippen molar-refractivity contribution in [1.29, 1.82) is 0 Å². The summed E-state index contributed by atoms with van der Waals surface area (Å²) < 4.78 is 0. The first-order valence-corrected chi connectivity index (χ1v) is 8.74. The van der Waals surface area contributed by atoms with E-state index in [1.807, 2.05) is 18.2 Å². The number of nitrogens with zero attached hydrogens (tertiary/aromatic N) is 1. The molecule has 0 spiro atoms. The highest BCUT2D eigenvalue weighted by atomic mass is 79.9. The topological polar surface area (TPSA) is 20.3 Å². The highest BCUT2D eigenvalue weighted by Gasteiger charge is 2.33. The van der Waals surface area contributed by atoms with Gasteiger partial charge in [-0.15, -0.1) is 0 Å². The molecule has 1 aliphatic rings. The van der Waals surface area contributed by atoms with Gasteiger partial charge in [0.15, 0.2) is 0 Å². The van der Waals surface area contributed by atoms with Crippen molar-refractivity contribution in [3.63, 3.8) is 0 Å². The van der Waals surface area contributed by atoms with Crippen LogP contribution in [0.3, 0.4) is 0 Å². The molecule has 0 heterocycles. The molecule has 1 atom stereocenters. The van der Waals surface area contributed by atoms with Gasteiger partial charge < -0.3 is 4.90 Å². The average Bonchev–Trinajstić information content (AvgIpc) is 3.30. The first-order valence-electron chi connectivity index (χ1n) is 7.61. The zero-order chi connectivity index (χ0) is 14.4. The molecule has 1 amide bonds. The van der Waals surface area contributed by atoms with Crippen molar-refractivity contribution >= 4 is 21.8 Å². The molecule has 20 heavy (non-hydrogen) atoms. The molecule has 1 aromatic rings. The van der Waals surface area contributed by atoms with E-state index in [-0.39, 0.29) is 0 Å². The SMILES string of the molecule is CC(C1CC1)N(Cc1ccccc1)C(=O)CCCCBr. The fourth-order valence-electron chi connectivity index (χ4n) is 2.59. The fourth-order valence-corrected chi connectivity index (χ4v) is 2.98. The van der Waals surface area contributed by atoms with Gasteiger partial charge in [0.1, 0.15) is 0 Å². The predicted octanol–water partition coefficient (Wildman–Crippen LogP) is 4.38. The van der Waals surface area contributed by atoms with Gasteiger partial charge in [-0.1, -0.05) is 46.3 Å². The largest absolute Gasteiger partial charge is 0.335 e. The number of carbonyl (C=O) groups excluding carboxylic acids is 1. The maximum absolute atomic E-state index is 12.5. The minimum absolute atomic E-state index is 0.314. The number of benzene rings is 1. The van der Waals surface area contributed by atoms with Crippen LogP contribution in [-0.2, 0) is 11.3 Å². The molecule has 0 saturated heterocycles. The fraction of sp³-hybridized carbons (Fsp3) is 0.588. The van der Waals surface area contributed by atoms with Crippen LogP contribution in [0.5, 0.6) is 0 Å². The van der Waals surface area contributed by atoms with Crippen LogP contribution in [0.4, 0.5) is 0 Å². The van der Waals surface area contributed by atoms with E-state index in [0.29, 0.717) is 18.4 Å². The molecular weight excluding hydrogens is 314 g/mol. The molecule has 1 fully saturated rings. The van der Waals surface area contributed by atoms with Gasteiger partial charge in [0.2, 0.25) is 5.91 Å². The van der Waals surface area contributed by atoms with E-state index in [2.05, 4.69) is 39.9 Å². The van der Waals surface area contributed by atoms with Gasteiger partial charge in [0.25, 0.3) is 0 Å². The van der Waals surface area contributed by atoms with E-state index in [9.17, 15) is 4.79 Å². The van der Waals surface area contributed by atoms with Crippen LogP contribution >= 0.6 is 15.9 Å². The first-order chi connectivity index (χ1) is 9.72. The Morgan fingerprint density at radius 2 is 2.00 bits per heavy atom. The normalized spacial score (nSPS) is 15.9. The second-order valence-electron chi connectivity index (χ2n) is 5.73. The van der Waals surface area contributed by atoms with E-state index in [1.54, 1.807) is 0 Å². The lowest BCUT2D eigenvalue weighted by Gasteiger charge is -2.30. The molecule has 2 rings (SSSR count). The third-order valence-electron chi connectivity index (χ3n) is 4.09. The number of hydrogen-bond donors (Lipinski definition) is 0. The number of hydrogen-bond acceptors (Lipinski definition) is 1. The molecule has 1 aromatic carbocycles. The van der Waals surface area contributed by atoms with E-state index in [4.69, 9.17) is 0 Å². The summed E-state index contributed by atoms with van der Waals surface area (Å²) in [5.41, 5.74) is 1.23. The van der Waals surface area contributed by atoms with Gasteiger partial charge in [-0.05, 0) is 44.1 Å². The molecule has 0 bridgehead atoms. The molecule has 1 unspecified atom stereocenters. The van der Waals surface area contributed by atoms with Crippen LogP contribution in [0.1, 0.15) is 44.6 Å². The number of carbonyl (C=O) groups is 1. The summed E-state index contributed by atoms with van der Waals surface area (Å²) >= 11 is 3.43. The Balaban J connectivity index is 1.98. The second kappa shape index (κ2) is 7.82. The van der Waals surface area contributed by atoms with Gasteiger partial charge in [-0.3, -0.25) is 4.79 Å². The molecule has 0 aromatic heterocycles. The van der Waals surface area contributed by atoms with Crippen molar-refractivity contribution in [2.24, 2.45) is 5.92 Å². The van der Waals surface area contributed by atoms with E-state index in [0.717, 1.165) is 30.6 Å². The minimum atomic E-state index is 0.314. The molecule has 1 aliphatic carbocycles. The van der Waals surface area contributed by atoms with Crippen molar-refractivity contribution in [1.82, 2.24) is 4.90 Å². The van der Waals surface area contributed by atoms with E-state index in [1.165, 1.54) is 18.4 Å². The van der Waals surface area contributed by atoms with Crippen LogP contribution in [0.15, 0.2) is 30.3 Å². The van der Waals surface area contributed by atoms with Gasteiger partial charge >= 0.3 is 0 Å². The standard InChI is InChI=1S/C17H24BrNO/c1-14(16-10-11-16)19(17(20)9-5-6-12-18)13-15-7-3-2-4-8-15/h2-4,7-8,14,16H,5-6,9-13H2,1H3. The first kappa shape index (κ1) is 15.6. The lowest BCUT2D eigenvalue weighted by atomic mass is 10.1. The third kappa shape index (κ3) is 4.62. The number of unbranched alkanes of at least 4 members (excludes halogenated alkanes) is 1. The second-order valence-corrected chi connectivity index (χ2v) is 6.52. The van der Waals surface area contributed by atoms with Crippen LogP contribution in [0, 0.1) is 5.92 Å². The smallest absolute Gasteiger partial charge is 0.223 e. The summed E-state index contributed by atoms with van der Waals surface area (Å²) in [5, 5.41) is 0.983. The van der Waals surface area contributed by atoms with Gasteiger partial charge in [-0.25, -0.2) is 0 Å². The number of rotatable bonds is 8. The van der Waals surface area contributed by atoms with Crippen molar-refractivity contribution in [3.05, 3.63) is 35.9 Å². The Kier molecular flexibility index (Phi) is 6.08. The summed E-state index contributed by atoms with van der Waals surface area (Å²) in [5.74, 6) is 1.04. The number of halogens is 1. The predicted molar refractivity (Wildman–Crippen MR) is 86.8 cm³/mol. The Hall–Kier alpha value is -0.830. The molecule has 0 radical (unpaired) electrons. The molecule has 2 nitrogen and oxygen atoms in total. The Morgan fingerprint density at radius 1 is 1.30 bits per heavy atom. The lowest BCUT2D eigenvalue weighted by Crippen LogP contribution is -2.39. The zero-order valence-electron chi connectivity index (χ0n) is 12.2. The highest BCUT2D eigenvalue weighted by molar-refractivity contribution is 9.09.